The zero-order valence-corrected chi connectivity index (χ0v) is 11.2. The van der Waals surface area contributed by atoms with Gasteiger partial charge in [0.1, 0.15) is 0 Å². The van der Waals surface area contributed by atoms with Gasteiger partial charge < -0.3 is 5.73 Å². The summed E-state index contributed by atoms with van der Waals surface area (Å²) in [5.41, 5.74) is 5.34. The predicted octanol–water partition coefficient (Wildman–Crippen LogP) is 1.31. The van der Waals surface area contributed by atoms with E-state index in [1.807, 2.05) is 0 Å². The molecule has 1 aliphatic heterocycles. The molecule has 1 fully saturated rings. The van der Waals surface area contributed by atoms with E-state index in [4.69, 9.17) is 11.1 Å². The maximum atomic E-state index is 12.0. The summed E-state index contributed by atoms with van der Waals surface area (Å²) in [6.45, 7) is 0.442. The Bertz CT molecular complexity index is 414. The number of nitrogens with two attached hydrogens (primary N) is 1. The summed E-state index contributed by atoms with van der Waals surface area (Å²) in [7, 11) is -3.63. The summed E-state index contributed by atoms with van der Waals surface area (Å²) < 4.78 is 60.7. The maximum absolute atomic E-state index is 12.0. The molecule has 0 aromatic heterocycles. The quantitative estimate of drug-likeness (QED) is 0.593. The molecule has 0 unspecified atom stereocenters. The molecular formula is C10H18F3N3O2S. The fourth-order valence-electron chi connectivity index (χ4n) is 2.03. The van der Waals surface area contributed by atoms with Crippen molar-refractivity contribution in [1.29, 1.82) is 5.41 Å². The highest BCUT2D eigenvalue weighted by Gasteiger charge is 2.31. The van der Waals surface area contributed by atoms with Gasteiger partial charge in [-0.05, 0) is 19.3 Å². The Morgan fingerprint density at radius 1 is 1.32 bits per heavy atom. The molecule has 0 bridgehead atoms. The first-order chi connectivity index (χ1) is 8.62. The average Bonchev–Trinajstić information content (AvgIpc) is 2.27. The van der Waals surface area contributed by atoms with Gasteiger partial charge >= 0.3 is 6.18 Å². The number of hydrogen-bond donors (Lipinski definition) is 2. The van der Waals surface area contributed by atoms with Gasteiger partial charge in [0.25, 0.3) is 0 Å². The van der Waals surface area contributed by atoms with Crippen LogP contribution in [0.4, 0.5) is 13.2 Å². The lowest BCUT2D eigenvalue weighted by atomic mass is 9.97. The van der Waals surface area contributed by atoms with Crippen LogP contribution in [-0.4, -0.2) is 43.6 Å². The Balaban J connectivity index is 2.45. The number of hydrogen-bond acceptors (Lipinski definition) is 3. The molecular weight excluding hydrogens is 283 g/mol. The van der Waals surface area contributed by atoms with Crippen LogP contribution in [0.2, 0.25) is 0 Å². The number of amidine groups is 1. The smallest absolute Gasteiger partial charge is 0.387 e. The van der Waals surface area contributed by atoms with E-state index in [9.17, 15) is 21.6 Å². The van der Waals surface area contributed by atoms with Crippen LogP contribution in [0.15, 0.2) is 0 Å². The SMILES string of the molecule is N=C(N)C1CCN(S(=O)(=O)CCCC(F)(F)F)CC1. The van der Waals surface area contributed by atoms with Gasteiger partial charge in [-0.3, -0.25) is 5.41 Å². The third kappa shape index (κ3) is 5.35. The number of nitrogens with zero attached hydrogens (tertiary/aromatic N) is 1. The molecule has 5 nitrogen and oxygen atoms in total. The van der Waals surface area contributed by atoms with Crippen LogP contribution in [-0.2, 0) is 10.0 Å². The summed E-state index contributed by atoms with van der Waals surface area (Å²) in [5, 5.41) is 7.27. The van der Waals surface area contributed by atoms with Crippen molar-refractivity contribution in [2.24, 2.45) is 11.7 Å². The number of piperidine rings is 1. The molecule has 1 aliphatic rings. The van der Waals surface area contributed by atoms with E-state index in [0.717, 1.165) is 0 Å². The minimum atomic E-state index is -4.32. The monoisotopic (exact) mass is 301 g/mol. The van der Waals surface area contributed by atoms with E-state index < -0.39 is 34.8 Å². The number of nitrogens with one attached hydrogen (secondary N) is 1. The van der Waals surface area contributed by atoms with Crippen LogP contribution < -0.4 is 5.73 Å². The van der Waals surface area contributed by atoms with Crippen molar-refractivity contribution in [3.05, 3.63) is 0 Å². The van der Waals surface area contributed by atoms with Gasteiger partial charge in [0.15, 0.2) is 0 Å². The fourth-order valence-corrected chi connectivity index (χ4v) is 3.56. The van der Waals surface area contributed by atoms with Crippen LogP contribution in [0, 0.1) is 11.3 Å². The zero-order chi connectivity index (χ0) is 14.7. The Labute approximate surface area is 110 Å². The second kappa shape index (κ2) is 6.08. The van der Waals surface area contributed by atoms with Gasteiger partial charge in [0.2, 0.25) is 10.0 Å². The molecule has 19 heavy (non-hydrogen) atoms. The number of rotatable bonds is 5. The van der Waals surface area contributed by atoms with Gasteiger partial charge in [0.05, 0.1) is 11.6 Å². The van der Waals surface area contributed by atoms with Crippen molar-refractivity contribution in [3.63, 3.8) is 0 Å². The Morgan fingerprint density at radius 2 is 1.84 bits per heavy atom. The molecule has 112 valence electrons. The fraction of sp³-hybridized carbons (Fsp3) is 0.900. The predicted molar refractivity (Wildman–Crippen MR) is 65.3 cm³/mol. The second-order valence-electron chi connectivity index (χ2n) is 4.66. The molecule has 0 aromatic carbocycles. The topological polar surface area (TPSA) is 87.2 Å². The summed E-state index contributed by atoms with van der Waals surface area (Å²) in [5.74, 6) is -0.576. The van der Waals surface area contributed by atoms with Crippen LogP contribution in [0.1, 0.15) is 25.7 Å². The lowest BCUT2D eigenvalue weighted by Crippen LogP contribution is -2.42. The van der Waals surface area contributed by atoms with E-state index in [1.54, 1.807) is 0 Å². The third-order valence-electron chi connectivity index (χ3n) is 3.15. The van der Waals surface area contributed by atoms with E-state index in [-0.39, 0.29) is 24.8 Å². The molecule has 1 heterocycles. The number of sulfonamides is 1. The van der Waals surface area contributed by atoms with Crippen molar-refractivity contribution in [1.82, 2.24) is 4.31 Å². The average molecular weight is 301 g/mol. The highest BCUT2D eigenvalue weighted by atomic mass is 32.2. The maximum Gasteiger partial charge on any atom is 0.389 e. The zero-order valence-electron chi connectivity index (χ0n) is 10.4. The van der Waals surface area contributed by atoms with Crippen molar-refractivity contribution in [2.45, 2.75) is 31.9 Å². The molecule has 3 N–H and O–H groups in total. The second-order valence-corrected chi connectivity index (χ2v) is 6.75. The first kappa shape index (κ1) is 16.2. The largest absolute Gasteiger partial charge is 0.389 e. The van der Waals surface area contributed by atoms with Crippen LogP contribution in [0.5, 0.6) is 0 Å². The molecule has 0 spiro atoms. The van der Waals surface area contributed by atoms with E-state index in [1.165, 1.54) is 4.31 Å². The third-order valence-corrected chi connectivity index (χ3v) is 5.11. The first-order valence-electron chi connectivity index (χ1n) is 6.00. The van der Waals surface area contributed by atoms with Crippen LogP contribution >= 0.6 is 0 Å². The van der Waals surface area contributed by atoms with Crippen molar-refractivity contribution in [3.8, 4) is 0 Å². The van der Waals surface area contributed by atoms with E-state index >= 15 is 0 Å². The molecule has 0 atom stereocenters. The Kier molecular flexibility index (Phi) is 5.19. The summed E-state index contributed by atoms with van der Waals surface area (Å²) in [4.78, 5) is 0. The van der Waals surface area contributed by atoms with Gasteiger partial charge in [-0.2, -0.15) is 13.2 Å². The van der Waals surface area contributed by atoms with Crippen LogP contribution in [0.3, 0.4) is 0 Å². The lowest BCUT2D eigenvalue weighted by molar-refractivity contribution is -0.134. The van der Waals surface area contributed by atoms with Gasteiger partial charge in [-0.1, -0.05) is 0 Å². The standard InChI is InChI=1S/C10H18F3N3O2S/c11-10(12,13)4-1-7-19(17,18)16-5-2-8(3-6-16)9(14)15/h8H,1-7H2,(H3,14,15). The molecule has 9 heteroatoms. The highest BCUT2D eigenvalue weighted by molar-refractivity contribution is 7.89. The minimum Gasteiger partial charge on any atom is -0.387 e. The minimum absolute atomic E-state index is 0.0362. The first-order valence-corrected chi connectivity index (χ1v) is 7.61. The lowest BCUT2D eigenvalue weighted by Gasteiger charge is -2.30. The molecule has 0 amide bonds. The van der Waals surface area contributed by atoms with Gasteiger partial charge in [-0.15, -0.1) is 0 Å². The van der Waals surface area contributed by atoms with Crippen molar-refractivity contribution in [2.75, 3.05) is 18.8 Å². The number of halogens is 3. The molecule has 0 saturated carbocycles. The summed E-state index contributed by atoms with van der Waals surface area (Å²) in [6, 6.07) is 0. The van der Waals surface area contributed by atoms with Crippen molar-refractivity contribution >= 4 is 15.9 Å². The molecule has 0 radical (unpaired) electrons. The summed E-state index contributed by atoms with van der Waals surface area (Å²) >= 11 is 0. The Morgan fingerprint density at radius 3 is 2.26 bits per heavy atom. The normalized spacial score (nSPS) is 19.5. The number of alkyl halides is 3. The van der Waals surface area contributed by atoms with E-state index in [2.05, 4.69) is 0 Å². The van der Waals surface area contributed by atoms with Crippen molar-refractivity contribution < 1.29 is 21.6 Å². The Hall–Kier alpha value is -0.830. The van der Waals surface area contributed by atoms with Gasteiger partial charge in [0, 0.05) is 25.4 Å². The molecule has 1 rings (SSSR count). The molecule has 0 aromatic rings. The van der Waals surface area contributed by atoms with Crippen LogP contribution in [0.25, 0.3) is 0 Å². The summed E-state index contributed by atoms with van der Waals surface area (Å²) in [6.07, 6.45) is -4.92. The molecule has 1 saturated heterocycles. The highest BCUT2D eigenvalue weighted by Crippen LogP contribution is 2.24. The van der Waals surface area contributed by atoms with Gasteiger partial charge in [-0.25, -0.2) is 12.7 Å². The van der Waals surface area contributed by atoms with E-state index in [0.29, 0.717) is 12.8 Å². The molecule has 0 aliphatic carbocycles.